The van der Waals surface area contributed by atoms with Crippen LogP contribution in [0.4, 0.5) is 0 Å². The third-order valence-electron chi connectivity index (χ3n) is 4.71. The molecule has 4 heteroatoms. The Kier molecular flexibility index (Phi) is 2.87. The van der Waals surface area contributed by atoms with E-state index >= 15 is 0 Å². The van der Waals surface area contributed by atoms with Gasteiger partial charge in [-0.1, -0.05) is 0 Å². The van der Waals surface area contributed by atoms with Crippen LogP contribution in [0.1, 0.15) is 32.1 Å². The molecular formula is C13H22N2O2. The third-order valence-corrected chi connectivity index (χ3v) is 4.71. The number of piperazine rings is 1. The highest BCUT2D eigenvalue weighted by atomic mass is 16.4. The molecule has 96 valence electrons. The van der Waals surface area contributed by atoms with Crippen molar-refractivity contribution >= 4 is 5.97 Å². The predicted octanol–water partition coefficient (Wildman–Crippen LogP) is 1.02. The van der Waals surface area contributed by atoms with Crippen LogP contribution < -0.4 is 0 Å². The number of carboxylic acid groups (broad SMARTS) is 1. The van der Waals surface area contributed by atoms with E-state index in [1.165, 1.54) is 32.5 Å². The van der Waals surface area contributed by atoms with Gasteiger partial charge in [0.05, 0.1) is 6.42 Å². The van der Waals surface area contributed by atoms with Crippen molar-refractivity contribution in [1.29, 1.82) is 0 Å². The standard InChI is InChI=1S/C13H22N2O2/c16-12(17)8-13(3-4-13)10-14-6-7-15-5-1-2-11(15)9-14/h11H,1-10H2,(H,16,17). The summed E-state index contributed by atoms with van der Waals surface area (Å²) in [6, 6.07) is 0.754. The maximum atomic E-state index is 10.9. The van der Waals surface area contributed by atoms with Crippen molar-refractivity contribution in [2.24, 2.45) is 5.41 Å². The van der Waals surface area contributed by atoms with Crippen LogP contribution in [0.15, 0.2) is 0 Å². The molecule has 1 saturated carbocycles. The van der Waals surface area contributed by atoms with Crippen LogP contribution in [0.5, 0.6) is 0 Å². The molecule has 1 aliphatic carbocycles. The highest BCUT2D eigenvalue weighted by Gasteiger charge is 2.46. The lowest BCUT2D eigenvalue weighted by molar-refractivity contribution is -0.138. The Balaban J connectivity index is 1.54. The molecule has 0 aromatic heterocycles. The summed E-state index contributed by atoms with van der Waals surface area (Å²) < 4.78 is 0. The first-order valence-electron chi connectivity index (χ1n) is 6.85. The van der Waals surface area contributed by atoms with Gasteiger partial charge >= 0.3 is 5.97 Å². The Hall–Kier alpha value is -0.610. The Labute approximate surface area is 103 Å². The molecular weight excluding hydrogens is 216 g/mol. The Morgan fingerprint density at radius 3 is 2.82 bits per heavy atom. The lowest BCUT2D eigenvalue weighted by Crippen LogP contribution is -2.51. The molecule has 1 N–H and O–H groups in total. The summed E-state index contributed by atoms with van der Waals surface area (Å²) in [6.45, 7) is 5.79. The maximum absolute atomic E-state index is 10.9. The highest BCUT2D eigenvalue weighted by molar-refractivity contribution is 5.68. The highest BCUT2D eigenvalue weighted by Crippen LogP contribution is 2.49. The van der Waals surface area contributed by atoms with Gasteiger partial charge < -0.3 is 5.11 Å². The minimum absolute atomic E-state index is 0.132. The summed E-state index contributed by atoms with van der Waals surface area (Å²) in [5, 5.41) is 8.94. The van der Waals surface area contributed by atoms with E-state index in [1.54, 1.807) is 0 Å². The van der Waals surface area contributed by atoms with Crippen LogP contribution >= 0.6 is 0 Å². The van der Waals surface area contributed by atoms with Gasteiger partial charge in [0.2, 0.25) is 0 Å². The molecule has 3 fully saturated rings. The van der Waals surface area contributed by atoms with E-state index in [4.69, 9.17) is 5.11 Å². The zero-order chi connectivity index (χ0) is 11.9. The van der Waals surface area contributed by atoms with Gasteiger partial charge in [0.15, 0.2) is 0 Å². The van der Waals surface area contributed by atoms with Gasteiger partial charge in [-0.2, -0.15) is 0 Å². The number of fused-ring (bicyclic) bond motifs is 1. The van der Waals surface area contributed by atoms with E-state index in [9.17, 15) is 4.79 Å². The van der Waals surface area contributed by atoms with Gasteiger partial charge in [0.1, 0.15) is 0 Å². The smallest absolute Gasteiger partial charge is 0.303 e. The molecule has 3 aliphatic rings. The molecule has 2 aliphatic heterocycles. The van der Waals surface area contributed by atoms with Crippen LogP contribution in [0.3, 0.4) is 0 Å². The van der Waals surface area contributed by atoms with Crippen molar-refractivity contribution in [2.75, 3.05) is 32.7 Å². The average molecular weight is 238 g/mol. The van der Waals surface area contributed by atoms with E-state index < -0.39 is 5.97 Å². The Morgan fingerprint density at radius 2 is 2.12 bits per heavy atom. The van der Waals surface area contributed by atoms with Gasteiger partial charge in [-0.25, -0.2) is 0 Å². The SMILES string of the molecule is O=C(O)CC1(CN2CCN3CCCC3C2)CC1. The van der Waals surface area contributed by atoms with E-state index in [0.29, 0.717) is 6.42 Å². The molecule has 0 spiro atoms. The van der Waals surface area contributed by atoms with Crippen LogP contribution in [0, 0.1) is 5.41 Å². The van der Waals surface area contributed by atoms with E-state index in [2.05, 4.69) is 9.80 Å². The van der Waals surface area contributed by atoms with Crippen LogP contribution in [-0.4, -0.2) is 59.6 Å². The van der Waals surface area contributed by atoms with Crippen LogP contribution in [0.2, 0.25) is 0 Å². The van der Waals surface area contributed by atoms with Crippen molar-refractivity contribution < 1.29 is 9.90 Å². The minimum atomic E-state index is -0.623. The summed E-state index contributed by atoms with van der Waals surface area (Å²) >= 11 is 0. The number of aliphatic carboxylic acids is 1. The average Bonchev–Trinajstić information content (AvgIpc) is 2.85. The molecule has 1 unspecified atom stereocenters. The number of hydrogen-bond acceptors (Lipinski definition) is 3. The molecule has 0 bridgehead atoms. The van der Waals surface area contributed by atoms with Crippen molar-refractivity contribution in [1.82, 2.24) is 9.80 Å². The Morgan fingerprint density at radius 1 is 1.29 bits per heavy atom. The van der Waals surface area contributed by atoms with E-state index in [-0.39, 0.29) is 5.41 Å². The molecule has 2 heterocycles. The fourth-order valence-electron chi connectivity index (χ4n) is 3.56. The monoisotopic (exact) mass is 238 g/mol. The minimum Gasteiger partial charge on any atom is -0.481 e. The zero-order valence-corrected chi connectivity index (χ0v) is 10.4. The van der Waals surface area contributed by atoms with Crippen LogP contribution in [-0.2, 0) is 4.79 Å². The topological polar surface area (TPSA) is 43.8 Å². The Bertz CT molecular complexity index is 315. The zero-order valence-electron chi connectivity index (χ0n) is 10.4. The number of hydrogen-bond donors (Lipinski definition) is 1. The second kappa shape index (κ2) is 4.25. The first-order valence-corrected chi connectivity index (χ1v) is 6.85. The second-order valence-corrected chi connectivity index (χ2v) is 6.14. The summed E-state index contributed by atoms with van der Waals surface area (Å²) in [5.41, 5.74) is 0.132. The molecule has 0 aromatic carbocycles. The van der Waals surface area contributed by atoms with E-state index in [0.717, 1.165) is 32.0 Å². The number of nitrogens with zero attached hydrogens (tertiary/aromatic N) is 2. The fourth-order valence-corrected chi connectivity index (χ4v) is 3.56. The summed E-state index contributed by atoms with van der Waals surface area (Å²) in [4.78, 5) is 16.0. The van der Waals surface area contributed by atoms with Gasteiger partial charge in [0.25, 0.3) is 0 Å². The summed E-state index contributed by atoms with van der Waals surface area (Å²) in [5.74, 6) is -0.623. The van der Waals surface area contributed by atoms with Crippen molar-refractivity contribution in [3.63, 3.8) is 0 Å². The second-order valence-electron chi connectivity index (χ2n) is 6.14. The van der Waals surface area contributed by atoms with Gasteiger partial charge in [-0.05, 0) is 37.6 Å². The molecule has 4 nitrogen and oxygen atoms in total. The number of carboxylic acids is 1. The van der Waals surface area contributed by atoms with Crippen molar-refractivity contribution in [3.05, 3.63) is 0 Å². The fraction of sp³-hybridized carbons (Fsp3) is 0.923. The lowest BCUT2D eigenvalue weighted by atomic mass is 10.0. The van der Waals surface area contributed by atoms with Crippen molar-refractivity contribution in [2.45, 2.75) is 38.1 Å². The quantitative estimate of drug-likeness (QED) is 0.794. The largest absolute Gasteiger partial charge is 0.481 e. The molecule has 3 rings (SSSR count). The van der Waals surface area contributed by atoms with Gasteiger partial charge in [-0.3, -0.25) is 14.6 Å². The normalized spacial score (nSPS) is 32.4. The molecule has 0 amide bonds. The first kappa shape index (κ1) is 11.5. The number of carbonyl (C=O) groups is 1. The van der Waals surface area contributed by atoms with Gasteiger partial charge in [0, 0.05) is 32.2 Å². The lowest BCUT2D eigenvalue weighted by Gasteiger charge is -2.39. The third kappa shape index (κ3) is 2.47. The van der Waals surface area contributed by atoms with Gasteiger partial charge in [-0.15, -0.1) is 0 Å². The molecule has 2 saturated heterocycles. The molecule has 0 radical (unpaired) electrons. The summed E-state index contributed by atoms with van der Waals surface area (Å²) in [6.07, 6.45) is 5.29. The van der Waals surface area contributed by atoms with E-state index in [1.807, 2.05) is 0 Å². The predicted molar refractivity (Wildman–Crippen MR) is 65.0 cm³/mol. The van der Waals surface area contributed by atoms with Crippen LogP contribution in [0.25, 0.3) is 0 Å². The first-order chi connectivity index (χ1) is 8.17. The molecule has 0 aromatic rings. The summed E-state index contributed by atoms with van der Waals surface area (Å²) in [7, 11) is 0. The van der Waals surface area contributed by atoms with Crippen molar-refractivity contribution in [3.8, 4) is 0 Å². The maximum Gasteiger partial charge on any atom is 0.303 e. The molecule has 17 heavy (non-hydrogen) atoms. The molecule has 1 atom stereocenters. The number of rotatable bonds is 4.